The molecule has 19 heavy (non-hydrogen) atoms. The Morgan fingerprint density at radius 2 is 2.21 bits per heavy atom. The third-order valence-electron chi connectivity index (χ3n) is 1.93. The van der Waals surface area contributed by atoms with Gasteiger partial charge in [-0.15, -0.1) is 0 Å². The standard InChI is InChI=1S/C11H16N4O4/c1-2-5-19-9-3-4-12-11(15-9)14-6-8(16)13-7-10(17)18/h3-4H,2,5-7H2,1H3,(H,13,16)(H,17,18)(H,12,14,15). The molecule has 0 bridgehead atoms. The zero-order chi connectivity index (χ0) is 14.1. The summed E-state index contributed by atoms with van der Waals surface area (Å²) < 4.78 is 5.31. The van der Waals surface area contributed by atoms with Crippen molar-refractivity contribution in [1.29, 1.82) is 0 Å². The maximum absolute atomic E-state index is 11.3. The predicted molar refractivity (Wildman–Crippen MR) is 67.0 cm³/mol. The molecule has 0 aliphatic rings. The Kier molecular flexibility index (Phi) is 6.07. The number of carbonyl (C=O) groups excluding carboxylic acids is 1. The molecule has 0 aromatic carbocycles. The number of aliphatic carboxylic acids is 1. The van der Waals surface area contributed by atoms with Crippen LogP contribution in [0.5, 0.6) is 5.88 Å². The van der Waals surface area contributed by atoms with E-state index in [4.69, 9.17) is 9.84 Å². The molecule has 0 saturated carbocycles. The van der Waals surface area contributed by atoms with Gasteiger partial charge in [0.05, 0.1) is 13.2 Å². The fourth-order valence-electron chi connectivity index (χ4n) is 1.11. The van der Waals surface area contributed by atoms with E-state index in [2.05, 4.69) is 20.6 Å². The SMILES string of the molecule is CCCOc1ccnc(NCC(=O)NCC(=O)O)n1. The maximum atomic E-state index is 11.3. The molecule has 8 nitrogen and oxygen atoms in total. The van der Waals surface area contributed by atoms with E-state index in [1.54, 1.807) is 6.07 Å². The van der Waals surface area contributed by atoms with Gasteiger partial charge in [0.1, 0.15) is 6.54 Å². The average Bonchev–Trinajstić information content (AvgIpc) is 2.41. The van der Waals surface area contributed by atoms with Gasteiger partial charge in [0.2, 0.25) is 17.7 Å². The zero-order valence-electron chi connectivity index (χ0n) is 10.5. The van der Waals surface area contributed by atoms with Gasteiger partial charge in [0, 0.05) is 12.3 Å². The Morgan fingerprint density at radius 3 is 2.89 bits per heavy atom. The highest BCUT2D eigenvalue weighted by Gasteiger charge is 2.05. The highest BCUT2D eigenvalue weighted by atomic mass is 16.5. The van der Waals surface area contributed by atoms with Gasteiger partial charge in [-0.25, -0.2) is 4.98 Å². The number of carboxylic acids is 1. The fraction of sp³-hybridized carbons (Fsp3) is 0.455. The van der Waals surface area contributed by atoms with E-state index in [-0.39, 0.29) is 12.5 Å². The van der Waals surface area contributed by atoms with Crippen molar-refractivity contribution in [2.45, 2.75) is 13.3 Å². The second-order valence-electron chi connectivity index (χ2n) is 3.59. The Morgan fingerprint density at radius 1 is 1.42 bits per heavy atom. The molecule has 1 aromatic rings. The molecular formula is C11H16N4O4. The van der Waals surface area contributed by atoms with Gasteiger partial charge in [-0.05, 0) is 6.42 Å². The van der Waals surface area contributed by atoms with Gasteiger partial charge in [-0.2, -0.15) is 4.98 Å². The van der Waals surface area contributed by atoms with Crippen LogP contribution in [0.15, 0.2) is 12.3 Å². The summed E-state index contributed by atoms with van der Waals surface area (Å²) in [6.07, 6.45) is 2.37. The van der Waals surface area contributed by atoms with E-state index in [1.165, 1.54) is 6.20 Å². The molecule has 1 heterocycles. The molecule has 0 unspecified atom stereocenters. The largest absolute Gasteiger partial charge is 0.480 e. The lowest BCUT2D eigenvalue weighted by molar-refractivity contribution is -0.137. The van der Waals surface area contributed by atoms with Crippen molar-refractivity contribution < 1.29 is 19.4 Å². The highest BCUT2D eigenvalue weighted by molar-refractivity contribution is 5.83. The summed E-state index contributed by atoms with van der Waals surface area (Å²) in [6.45, 7) is 2.01. The number of hydrogen-bond acceptors (Lipinski definition) is 6. The second-order valence-corrected chi connectivity index (χ2v) is 3.59. The van der Waals surface area contributed by atoms with Crippen molar-refractivity contribution in [1.82, 2.24) is 15.3 Å². The summed E-state index contributed by atoms with van der Waals surface area (Å²) in [5, 5.41) is 13.3. The number of nitrogens with one attached hydrogen (secondary N) is 2. The Bertz CT molecular complexity index is 438. The normalized spacial score (nSPS) is 9.74. The molecule has 0 spiro atoms. The van der Waals surface area contributed by atoms with E-state index in [1.807, 2.05) is 6.92 Å². The molecule has 1 rings (SSSR count). The molecule has 104 valence electrons. The van der Waals surface area contributed by atoms with Gasteiger partial charge in [-0.3, -0.25) is 9.59 Å². The van der Waals surface area contributed by atoms with Gasteiger partial charge in [0.15, 0.2) is 0 Å². The van der Waals surface area contributed by atoms with Crippen molar-refractivity contribution in [2.24, 2.45) is 0 Å². The summed E-state index contributed by atoms with van der Waals surface area (Å²) in [6, 6.07) is 1.62. The molecule has 0 fully saturated rings. The van der Waals surface area contributed by atoms with E-state index in [0.717, 1.165) is 6.42 Å². The van der Waals surface area contributed by atoms with Crippen LogP contribution < -0.4 is 15.4 Å². The lowest BCUT2D eigenvalue weighted by Crippen LogP contribution is -2.34. The van der Waals surface area contributed by atoms with E-state index >= 15 is 0 Å². The summed E-state index contributed by atoms with van der Waals surface area (Å²) in [5.74, 6) is -0.880. The third-order valence-corrected chi connectivity index (χ3v) is 1.93. The lowest BCUT2D eigenvalue weighted by Gasteiger charge is -2.07. The number of nitrogens with zero attached hydrogens (tertiary/aromatic N) is 2. The predicted octanol–water partition coefficient (Wildman–Crippen LogP) is -0.122. The smallest absolute Gasteiger partial charge is 0.322 e. The van der Waals surface area contributed by atoms with Gasteiger partial charge >= 0.3 is 5.97 Å². The number of ether oxygens (including phenoxy) is 1. The number of aromatic nitrogens is 2. The van der Waals surface area contributed by atoms with Crippen LogP contribution in [-0.2, 0) is 9.59 Å². The van der Waals surface area contributed by atoms with Crippen LogP contribution in [0.4, 0.5) is 5.95 Å². The monoisotopic (exact) mass is 268 g/mol. The molecule has 1 amide bonds. The quantitative estimate of drug-likeness (QED) is 0.602. The first-order valence-electron chi connectivity index (χ1n) is 5.80. The number of carbonyl (C=O) groups is 2. The van der Waals surface area contributed by atoms with Gasteiger partial charge in [-0.1, -0.05) is 6.92 Å². The summed E-state index contributed by atoms with van der Waals surface area (Å²) in [5.41, 5.74) is 0. The molecule has 0 aliphatic heterocycles. The van der Waals surface area contributed by atoms with Crippen LogP contribution in [0.25, 0.3) is 0 Å². The van der Waals surface area contributed by atoms with E-state index < -0.39 is 18.4 Å². The molecular weight excluding hydrogens is 252 g/mol. The molecule has 0 radical (unpaired) electrons. The van der Waals surface area contributed by atoms with Crippen LogP contribution in [0.1, 0.15) is 13.3 Å². The number of rotatable bonds is 8. The summed E-state index contributed by atoms with van der Waals surface area (Å²) in [4.78, 5) is 29.5. The van der Waals surface area contributed by atoms with Crippen molar-refractivity contribution in [3.05, 3.63) is 12.3 Å². The lowest BCUT2D eigenvalue weighted by atomic mass is 10.5. The van der Waals surface area contributed by atoms with Crippen molar-refractivity contribution in [3.8, 4) is 5.88 Å². The number of anilines is 1. The molecule has 0 atom stereocenters. The van der Waals surface area contributed by atoms with Crippen molar-refractivity contribution in [2.75, 3.05) is 25.0 Å². The fourth-order valence-corrected chi connectivity index (χ4v) is 1.11. The third kappa shape index (κ3) is 6.20. The van der Waals surface area contributed by atoms with Gasteiger partial charge in [0.25, 0.3) is 0 Å². The van der Waals surface area contributed by atoms with Crippen LogP contribution in [0.2, 0.25) is 0 Å². The minimum absolute atomic E-state index is 0.107. The average molecular weight is 268 g/mol. The Hall–Kier alpha value is -2.38. The minimum Gasteiger partial charge on any atom is -0.480 e. The summed E-state index contributed by atoms with van der Waals surface area (Å²) in [7, 11) is 0. The van der Waals surface area contributed by atoms with Crippen LogP contribution in [0, 0.1) is 0 Å². The van der Waals surface area contributed by atoms with Crippen LogP contribution in [0.3, 0.4) is 0 Å². The summed E-state index contributed by atoms with van der Waals surface area (Å²) >= 11 is 0. The van der Waals surface area contributed by atoms with E-state index in [9.17, 15) is 9.59 Å². The topological polar surface area (TPSA) is 113 Å². The first kappa shape index (κ1) is 14.7. The highest BCUT2D eigenvalue weighted by Crippen LogP contribution is 2.08. The first-order chi connectivity index (χ1) is 9.11. The Labute approximate surface area is 110 Å². The zero-order valence-corrected chi connectivity index (χ0v) is 10.5. The Balaban J connectivity index is 2.39. The minimum atomic E-state index is -1.10. The van der Waals surface area contributed by atoms with E-state index in [0.29, 0.717) is 12.5 Å². The molecule has 3 N–H and O–H groups in total. The molecule has 0 saturated heterocycles. The van der Waals surface area contributed by atoms with Crippen molar-refractivity contribution in [3.63, 3.8) is 0 Å². The van der Waals surface area contributed by atoms with Crippen molar-refractivity contribution >= 4 is 17.8 Å². The molecule has 1 aromatic heterocycles. The molecule has 0 aliphatic carbocycles. The number of hydrogen-bond donors (Lipinski definition) is 3. The second kappa shape index (κ2) is 7.85. The number of carboxylic acid groups (broad SMARTS) is 1. The maximum Gasteiger partial charge on any atom is 0.322 e. The first-order valence-corrected chi connectivity index (χ1v) is 5.80. The number of amides is 1. The van der Waals surface area contributed by atoms with Crippen LogP contribution >= 0.6 is 0 Å². The van der Waals surface area contributed by atoms with Gasteiger partial charge < -0.3 is 20.5 Å². The molecule has 8 heteroatoms. The van der Waals surface area contributed by atoms with Crippen LogP contribution in [-0.4, -0.2) is 46.6 Å².